The molecule has 0 saturated heterocycles. The average Bonchev–Trinajstić information content (AvgIpc) is 2.37. The highest BCUT2D eigenvalue weighted by Gasteiger charge is 2.14. The Morgan fingerprint density at radius 2 is 2.00 bits per heavy atom. The summed E-state index contributed by atoms with van der Waals surface area (Å²) in [6.07, 6.45) is 0.491. The lowest BCUT2D eigenvalue weighted by Gasteiger charge is -2.12. The third kappa shape index (κ3) is 3.71. The summed E-state index contributed by atoms with van der Waals surface area (Å²) in [5.41, 5.74) is 6.72. The summed E-state index contributed by atoms with van der Waals surface area (Å²) in [5, 5.41) is 0.279. The van der Waals surface area contributed by atoms with Gasteiger partial charge in [-0.1, -0.05) is 22.0 Å². The van der Waals surface area contributed by atoms with Gasteiger partial charge in [0.1, 0.15) is 0 Å². The fourth-order valence-corrected chi connectivity index (χ4v) is 1.89. The van der Waals surface area contributed by atoms with E-state index in [2.05, 4.69) is 15.9 Å². The van der Waals surface area contributed by atoms with Gasteiger partial charge < -0.3 is 15.2 Å². The van der Waals surface area contributed by atoms with Crippen LogP contribution in [0, 0.1) is 0 Å². The molecule has 0 heterocycles. The summed E-state index contributed by atoms with van der Waals surface area (Å²) in [6.45, 7) is 0. The highest BCUT2D eigenvalue weighted by atomic mass is 79.9. The Morgan fingerprint density at radius 1 is 1.35 bits per heavy atom. The van der Waals surface area contributed by atoms with E-state index in [-0.39, 0.29) is 11.1 Å². The van der Waals surface area contributed by atoms with Crippen molar-refractivity contribution in [3.05, 3.63) is 23.8 Å². The first-order valence-corrected chi connectivity index (χ1v) is 6.29. The molecule has 1 unspecified atom stereocenters. The quantitative estimate of drug-likeness (QED) is 0.810. The first-order valence-electron chi connectivity index (χ1n) is 5.17. The van der Waals surface area contributed by atoms with E-state index < -0.39 is 6.04 Å². The highest BCUT2D eigenvalue weighted by Crippen LogP contribution is 2.27. The Kier molecular flexibility index (Phi) is 5.44. The van der Waals surface area contributed by atoms with Crippen molar-refractivity contribution in [3.63, 3.8) is 0 Å². The molecule has 0 aliphatic rings. The molecule has 0 spiro atoms. The van der Waals surface area contributed by atoms with Gasteiger partial charge in [-0.05, 0) is 24.1 Å². The molecular weight excluding hydrogens is 286 g/mol. The number of benzene rings is 1. The molecule has 1 aromatic rings. The van der Waals surface area contributed by atoms with Crippen molar-refractivity contribution in [2.75, 3.05) is 19.5 Å². The first kappa shape index (κ1) is 14.0. The van der Waals surface area contributed by atoms with Gasteiger partial charge in [-0.25, -0.2) is 0 Å². The van der Waals surface area contributed by atoms with Crippen LogP contribution in [0.2, 0.25) is 0 Å². The Morgan fingerprint density at radius 3 is 2.53 bits per heavy atom. The number of methoxy groups -OCH3 is 2. The van der Waals surface area contributed by atoms with Crippen molar-refractivity contribution < 1.29 is 14.3 Å². The van der Waals surface area contributed by atoms with Crippen LogP contribution in [0.15, 0.2) is 18.2 Å². The number of hydrogen-bond donors (Lipinski definition) is 1. The van der Waals surface area contributed by atoms with Gasteiger partial charge in [0.25, 0.3) is 0 Å². The van der Waals surface area contributed by atoms with Gasteiger partial charge >= 0.3 is 0 Å². The lowest BCUT2D eigenvalue weighted by Crippen LogP contribution is -2.33. The number of ether oxygens (including phenoxy) is 2. The summed E-state index contributed by atoms with van der Waals surface area (Å²) in [5.74, 6) is 1.29. The van der Waals surface area contributed by atoms with Gasteiger partial charge in [-0.3, -0.25) is 4.79 Å². The van der Waals surface area contributed by atoms with E-state index in [0.717, 1.165) is 5.56 Å². The molecule has 0 saturated carbocycles. The SMILES string of the molecule is COc1ccc(CC(N)C(=O)CBr)cc1OC. The fraction of sp³-hybridized carbons (Fsp3) is 0.417. The molecular formula is C12H16BrNO3. The van der Waals surface area contributed by atoms with Gasteiger partial charge in [0.2, 0.25) is 0 Å². The topological polar surface area (TPSA) is 61.5 Å². The number of hydrogen-bond acceptors (Lipinski definition) is 4. The van der Waals surface area contributed by atoms with Crippen LogP contribution < -0.4 is 15.2 Å². The lowest BCUT2D eigenvalue weighted by atomic mass is 10.0. The van der Waals surface area contributed by atoms with Gasteiger partial charge in [0.15, 0.2) is 17.3 Å². The van der Waals surface area contributed by atoms with Gasteiger partial charge in [0.05, 0.1) is 25.6 Å². The smallest absolute Gasteiger partial charge is 0.160 e. The number of halogens is 1. The number of nitrogens with two attached hydrogens (primary N) is 1. The number of carbonyl (C=O) groups is 1. The van der Waals surface area contributed by atoms with Crippen molar-refractivity contribution in [3.8, 4) is 11.5 Å². The highest BCUT2D eigenvalue weighted by molar-refractivity contribution is 9.09. The molecule has 4 nitrogen and oxygen atoms in total. The Balaban J connectivity index is 2.82. The minimum Gasteiger partial charge on any atom is -0.493 e. The number of rotatable bonds is 6. The van der Waals surface area contributed by atoms with E-state index >= 15 is 0 Å². The number of alkyl halides is 1. The molecule has 94 valence electrons. The summed E-state index contributed by atoms with van der Waals surface area (Å²) in [7, 11) is 3.16. The van der Waals surface area contributed by atoms with Gasteiger partial charge in [-0.15, -0.1) is 0 Å². The minimum atomic E-state index is -0.493. The molecule has 1 aromatic carbocycles. The molecule has 1 atom stereocenters. The van der Waals surface area contributed by atoms with Crippen LogP contribution in [0.3, 0.4) is 0 Å². The lowest BCUT2D eigenvalue weighted by molar-refractivity contribution is -0.117. The van der Waals surface area contributed by atoms with Crippen LogP contribution in [-0.4, -0.2) is 31.4 Å². The van der Waals surface area contributed by atoms with Crippen molar-refractivity contribution in [2.45, 2.75) is 12.5 Å². The monoisotopic (exact) mass is 301 g/mol. The number of carbonyl (C=O) groups excluding carboxylic acids is 1. The van der Waals surface area contributed by atoms with Gasteiger partial charge in [-0.2, -0.15) is 0 Å². The predicted octanol–water partition coefficient (Wildman–Crippen LogP) is 1.54. The Bertz CT molecular complexity index is 395. The maximum absolute atomic E-state index is 11.4. The van der Waals surface area contributed by atoms with E-state index in [1.54, 1.807) is 20.3 Å². The molecule has 0 aliphatic heterocycles. The molecule has 0 fully saturated rings. The summed E-state index contributed by atoms with van der Waals surface area (Å²) in [4.78, 5) is 11.4. The second-order valence-corrected chi connectivity index (χ2v) is 4.16. The van der Waals surface area contributed by atoms with Crippen molar-refractivity contribution >= 4 is 21.7 Å². The van der Waals surface area contributed by atoms with Crippen molar-refractivity contribution in [1.29, 1.82) is 0 Å². The third-order valence-corrected chi connectivity index (χ3v) is 3.00. The number of Topliss-reactive ketones (excluding diaryl/α,β-unsaturated/α-hetero) is 1. The largest absolute Gasteiger partial charge is 0.493 e. The zero-order valence-electron chi connectivity index (χ0n) is 9.90. The summed E-state index contributed by atoms with van der Waals surface area (Å²) >= 11 is 3.11. The predicted molar refractivity (Wildman–Crippen MR) is 70.0 cm³/mol. The second-order valence-electron chi connectivity index (χ2n) is 3.60. The zero-order chi connectivity index (χ0) is 12.8. The molecule has 5 heteroatoms. The molecule has 2 N–H and O–H groups in total. The first-order chi connectivity index (χ1) is 8.12. The molecule has 1 rings (SSSR count). The summed E-state index contributed by atoms with van der Waals surface area (Å²) in [6, 6.07) is 5.02. The Hall–Kier alpha value is -1.07. The van der Waals surface area contributed by atoms with Crippen LogP contribution in [-0.2, 0) is 11.2 Å². The van der Waals surface area contributed by atoms with Crippen LogP contribution in [0.4, 0.5) is 0 Å². The van der Waals surface area contributed by atoms with E-state index in [9.17, 15) is 4.79 Å². The van der Waals surface area contributed by atoms with Crippen LogP contribution >= 0.6 is 15.9 Å². The fourth-order valence-electron chi connectivity index (χ4n) is 1.47. The van der Waals surface area contributed by atoms with Crippen LogP contribution in [0.5, 0.6) is 11.5 Å². The second kappa shape index (κ2) is 6.61. The van der Waals surface area contributed by atoms with Crippen molar-refractivity contribution in [1.82, 2.24) is 0 Å². The van der Waals surface area contributed by atoms with E-state index in [0.29, 0.717) is 17.9 Å². The maximum atomic E-state index is 11.4. The summed E-state index contributed by atoms with van der Waals surface area (Å²) < 4.78 is 10.3. The maximum Gasteiger partial charge on any atom is 0.160 e. The third-order valence-electron chi connectivity index (χ3n) is 2.45. The normalized spacial score (nSPS) is 12.0. The molecule has 0 aliphatic carbocycles. The Labute approximate surface area is 109 Å². The molecule has 17 heavy (non-hydrogen) atoms. The van der Waals surface area contributed by atoms with Crippen LogP contribution in [0.25, 0.3) is 0 Å². The molecule has 0 aromatic heterocycles. The molecule has 0 bridgehead atoms. The van der Waals surface area contributed by atoms with E-state index in [4.69, 9.17) is 15.2 Å². The standard InChI is InChI=1S/C12H16BrNO3/c1-16-11-4-3-8(6-12(11)17-2)5-9(14)10(15)7-13/h3-4,6,9H,5,7,14H2,1-2H3. The van der Waals surface area contributed by atoms with Crippen LogP contribution in [0.1, 0.15) is 5.56 Å². The van der Waals surface area contributed by atoms with E-state index in [1.165, 1.54) is 0 Å². The number of ketones is 1. The molecule has 0 amide bonds. The van der Waals surface area contributed by atoms with Gasteiger partial charge in [0, 0.05) is 0 Å². The van der Waals surface area contributed by atoms with Crippen molar-refractivity contribution in [2.24, 2.45) is 5.73 Å². The van der Waals surface area contributed by atoms with E-state index in [1.807, 2.05) is 12.1 Å². The zero-order valence-corrected chi connectivity index (χ0v) is 11.5. The minimum absolute atomic E-state index is 0.0141. The average molecular weight is 302 g/mol. The molecule has 0 radical (unpaired) electrons.